The maximum atomic E-state index is 11.9. The van der Waals surface area contributed by atoms with Gasteiger partial charge in [0.2, 0.25) is 12.2 Å². The molecule has 4 rings (SSSR count). The van der Waals surface area contributed by atoms with Gasteiger partial charge in [-0.15, -0.1) is 0 Å². The van der Waals surface area contributed by atoms with E-state index in [1.165, 1.54) is 0 Å². The van der Waals surface area contributed by atoms with E-state index >= 15 is 0 Å². The Morgan fingerprint density at radius 1 is 1.26 bits per heavy atom. The highest BCUT2D eigenvalue weighted by molar-refractivity contribution is 5.97. The van der Waals surface area contributed by atoms with Crippen LogP contribution in [0.25, 0.3) is 33.5 Å². The van der Waals surface area contributed by atoms with Crippen molar-refractivity contribution in [3.05, 3.63) is 54.6 Å². The van der Waals surface area contributed by atoms with Crippen LogP contribution in [0.3, 0.4) is 0 Å². The third-order valence-electron chi connectivity index (χ3n) is 4.61. The average molecular weight is 421 g/mol. The van der Waals surface area contributed by atoms with Crippen LogP contribution in [-0.4, -0.2) is 39.2 Å². The van der Waals surface area contributed by atoms with Crippen LogP contribution in [0.2, 0.25) is 0 Å². The number of benzene rings is 1. The molecular weight excluding hydrogens is 398 g/mol. The Hall–Kier alpha value is -3.69. The summed E-state index contributed by atoms with van der Waals surface area (Å²) < 4.78 is 11.1. The van der Waals surface area contributed by atoms with E-state index in [1.807, 2.05) is 31.2 Å². The predicted octanol–water partition coefficient (Wildman–Crippen LogP) is 4.05. The number of pyridine rings is 1. The third-order valence-corrected chi connectivity index (χ3v) is 4.61. The zero-order valence-corrected chi connectivity index (χ0v) is 17.2. The maximum absolute atomic E-state index is 11.9. The molecule has 0 aliphatic carbocycles. The largest absolute Gasteiger partial charge is 0.456 e. The average Bonchev–Trinajstić information content (AvgIpc) is 3.41. The molecule has 9 heteroatoms. The number of carbonyl (C=O) groups excluding carboxylic acids is 1. The minimum absolute atomic E-state index is 0.299. The van der Waals surface area contributed by atoms with Crippen molar-refractivity contribution in [3.63, 3.8) is 0 Å². The summed E-state index contributed by atoms with van der Waals surface area (Å²) in [5.41, 5.74) is 3.84. The highest BCUT2D eigenvalue weighted by atomic mass is 16.6. The van der Waals surface area contributed by atoms with Crippen LogP contribution >= 0.6 is 0 Å². The van der Waals surface area contributed by atoms with Crippen molar-refractivity contribution in [2.75, 3.05) is 18.5 Å². The molecular formula is C22H23N5O4. The number of nitrogens with one attached hydrogen (secondary N) is 3. The molecule has 0 fully saturated rings. The fraction of sp³-hybridized carbons (Fsp3) is 0.227. The number of aromatic nitrogens is 3. The van der Waals surface area contributed by atoms with E-state index < -0.39 is 6.29 Å². The number of hydrogen-bond donors (Lipinski definition) is 4. The SMILES string of the molecule is CCNC(=O)Nc1nc2c(-c3ccc(C(O)OCC)o3)cc(-c3cccnc3)cc2[nH]1. The molecule has 0 radical (unpaired) electrons. The smallest absolute Gasteiger partial charge is 0.321 e. The van der Waals surface area contributed by atoms with Gasteiger partial charge in [-0.2, -0.15) is 0 Å². The van der Waals surface area contributed by atoms with Crippen molar-refractivity contribution in [1.82, 2.24) is 20.3 Å². The minimum atomic E-state index is -1.15. The van der Waals surface area contributed by atoms with E-state index in [2.05, 4.69) is 25.6 Å². The van der Waals surface area contributed by atoms with Crippen molar-refractivity contribution in [2.24, 2.45) is 0 Å². The van der Waals surface area contributed by atoms with Crippen LogP contribution in [-0.2, 0) is 4.74 Å². The van der Waals surface area contributed by atoms with Crippen LogP contribution in [0, 0.1) is 0 Å². The highest BCUT2D eigenvalue weighted by Crippen LogP contribution is 2.35. The molecule has 0 saturated heterocycles. The number of anilines is 1. The number of aliphatic hydroxyl groups excluding tert-OH is 1. The predicted molar refractivity (Wildman–Crippen MR) is 116 cm³/mol. The number of aliphatic hydroxyl groups is 1. The number of fused-ring (bicyclic) bond motifs is 1. The van der Waals surface area contributed by atoms with Crippen LogP contribution < -0.4 is 10.6 Å². The Kier molecular flexibility index (Phi) is 5.96. The summed E-state index contributed by atoms with van der Waals surface area (Å²) >= 11 is 0. The van der Waals surface area contributed by atoms with E-state index in [9.17, 15) is 9.90 Å². The molecule has 4 N–H and O–H groups in total. The van der Waals surface area contributed by atoms with E-state index in [0.29, 0.717) is 47.2 Å². The van der Waals surface area contributed by atoms with Gasteiger partial charge in [0.1, 0.15) is 11.3 Å². The molecule has 0 bridgehead atoms. The molecule has 0 saturated carbocycles. The lowest BCUT2D eigenvalue weighted by Gasteiger charge is -2.08. The zero-order chi connectivity index (χ0) is 21.8. The summed E-state index contributed by atoms with van der Waals surface area (Å²) in [6.45, 7) is 4.48. The van der Waals surface area contributed by atoms with Gasteiger partial charge < -0.3 is 24.6 Å². The monoisotopic (exact) mass is 421 g/mol. The van der Waals surface area contributed by atoms with Crippen LogP contribution in [0.1, 0.15) is 25.9 Å². The van der Waals surface area contributed by atoms with E-state index in [4.69, 9.17) is 9.15 Å². The summed E-state index contributed by atoms with van der Waals surface area (Å²) in [5.74, 6) is 1.13. The van der Waals surface area contributed by atoms with Crippen molar-refractivity contribution >= 4 is 23.0 Å². The number of aromatic amines is 1. The standard InChI is InChI=1S/C22H23N5O4/c1-3-24-22(29)27-21-25-16-11-14(13-6-5-9-23-12-13)10-15(19(16)26-21)17-7-8-18(31-17)20(28)30-4-2/h5-12,20,28H,3-4H2,1-2H3,(H3,24,25,26,27,29). The Morgan fingerprint density at radius 3 is 2.87 bits per heavy atom. The van der Waals surface area contributed by atoms with Gasteiger partial charge in [-0.25, -0.2) is 9.78 Å². The number of urea groups is 1. The number of imidazole rings is 1. The third kappa shape index (κ3) is 4.42. The molecule has 4 aromatic rings. The molecule has 1 unspecified atom stereocenters. The number of carbonyl (C=O) groups is 1. The van der Waals surface area contributed by atoms with Gasteiger partial charge in [-0.1, -0.05) is 6.07 Å². The molecule has 31 heavy (non-hydrogen) atoms. The molecule has 2 amide bonds. The molecule has 3 heterocycles. The van der Waals surface area contributed by atoms with Gasteiger partial charge in [0, 0.05) is 36.7 Å². The van der Waals surface area contributed by atoms with E-state index in [1.54, 1.807) is 31.5 Å². The highest BCUT2D eigenvalue weighted by Gasteiger charge is 2.18. The van der Waals surface area contributed by atoms with Gasteiger partial charge in [-0.3, -0.25) is 10.3 Å². The van der Waals surface area contributed by atoms with Crippen molar-refractivity contribution in [1.29, 1.82) is 0 Å². The summed E-state index contributed by atoms with van der Waals surface area (Å²) in [6, 6.07) is 10.8. The Labute approximate surface area is 178 Å². The Bertz CT molecular complexity index is 1190. The molecule has 3 aromatic heterocycles. The van der Waals surface area contributed by atoms with Crippen molar-refractivity contribution in [2.45, 2.75) is 20.1 Å². The normalized spacial score (nSPS) is 12.1. The fourth-order valence-corrected chi connectivity index (χ4v) is 3.25. The second-order valence-corrected chi connectivity index (χ2v) is 6.74. The lowest BCUT2D eigenvalue weighted by atomic mass is 10.0. The van der Waals surface area contributed by atoms with Crippen molar-refractivity contribution in [3.8, 4) is 22.5 Å². The number of ether oxygens (including phenoxy) is 1. The fourth-order valence-electron chi connectivity index (χ4n) is 3.25. The number of furan rings is 1. The maximum Gasteiger partial charge on any atom is 0.321 e. The van der Waals surface area contributed by atoms with Crippen LogP contribution in [0.15, 0.2) is 53.2 Å². The summed E-state index contributed by atoms with van der Waals surface area (Å²) in [7, 11) is 0. The topological polar surface area (TPSA) is 125 Å². The number of nitrogens with zero attached hydrogens (tertiary/aromatic N) is 2. The lowest BCUT2D eigenvalue weighted by Crippen LogP contribution is -2.28. The van der Waals surface area contributed by atoms with Crippen molar-refractivity contribution < 1.29 is 19.1 Å². The summed E-state index contributed by atoms with van der Waals surface area (Å²) in [6.07, 6.45) is 2.33. The first-order valence-electron chi connectivity index (χ1n) is 9.97. The number of H-pyrrole nitrogens is 1. The molecule has 0 aliphatic heterocycles. The summed E-state index contributed by atoms with van der Waals surface area (Å²) in [5, 5.41) is 15.4. The van der Waals surface area contributed by atoms with Gasteiger partial charge in [0.05, 0.1) is 5.52 Å². The molecule has 9 nitrogen and oxygen atoms in total. The second kappa shape index (κ2) is 8.99. The molecule has 0 spiro atoms. The van der Waals surface area contributed by atoms with Crippen LogP contribution in [0.4, 0.5) is 10.7 Å². The summed E-state index contributed by atoms with van der Waals surface area (Å²) in [4.78, 5) is 23.8. The van der Waals surface area contributed by atoms with E-state index in [-0.39, 0.29) is 6.03 Å². The number of rotatable bonds is 7. The van der Waals surface area contributed by atoms with Crippen LogP contribution in [0.5, 0.6) is 0 Å². The number of hydrogen-bond acceptors (Lipinski definition) is 6. The molecule has 160 valence electrons. The first kappa shape index (κ1) is 20.6. The minimum Gasteiger partial charge on any atom is -0.456 e. The molecule has 0 aliphatic rings. The lowest BCUT2D eigenvalue weighted by molar-refractivity contribution is -0.110. The first-order valence-corrected chi connectivity index (χ1v) is 9.97. The number of amides is 2. The zero-order valence-electron chi connectivity index (χ0n) is 17.2. The quantitative estimate of drug-likeness (QED) is 0.334. The second-order valence-electron chi connectivity index (χ2n) is 6.74. The van der Waals surface area contributed by atoms with Gasteiger partial charge in [0.25, 0.3) is 0 Å². The van der Waals surface area contributed by atoms with Gasteiger partial charge in [0.15, 0.2) is 5.76 Å². The van der Waals surface area contributed by atoms with Gasteiger partial charge in [-0.05, 0) is 49.7 Å². The Balaban J connectivity index is 1.81. The molecule has 1 atom stereocenters. The van der Waals surface area contributed by atoms with Gasteiger partial charge >= 0.3 is 6.03 Å². The van der Waals surface area contributed by atoms with E-state index in [0.717, 1.165) is 11.1 Å². The first-order chi connectivity index (χ1) is 15.1. The molecule has 1 aromatic carbocycles. The Morgan fingerprint density at radius 2 is 2.13 bits per heavy atom.